The molecule has 0 saturated carbocycles. The highest BCUT2D eigenvalue weighted by molar-refractivity contribution is 5.77. The largest absolute Gasteiger partial charge is 0.493 e. The molecule has 23 heavy (non-hydrogen) atoms. The molecule has 0 aliphatic heterocycles. The highest BCUT2D eigenvalue weighted by atomic mass is 16.6. The van der Waals surface area contributed by atoms with E-state index in [1.165, 1.54) is 36.5 Å². The first-order chi connectivity index (χ1) is 11.0. The van der Waals surface area contributed by atoms with Crippen molar-refractivity contribution in [3.05, 3.63) is 52.5 Å². The number of carbonyl (C=O) groups excluding carboxylic acids is 1. The van der Waals surface area contributed by atoms with Gasteiger partial charge in [0.1, 0.15) is 5.76 Å². The van der Waals surface area contributed by atoms with Crippen molar-refractivity contribution in [1.82, 2.24) is 4.90 Å². The van der Waals surface area contributed by atoms with Crippen LogP contribution in [0.3, 0.4) is 0 Å². The summed E-state index contributed by atoms with van der Waals surface area (Å²) >= 11 is 0. The first-order valence-electron chi connectivity index (χ1n) is 6.73. The van der Waals surface area contributed by atoms with Crippen molar-refractivity contribution in [1.29, 1.82) is 0 Å². The van der Waals surface area contributed by atoms with E-state index >= 15 is 0 Å². The van der Waals surface area contributed by atoms with Gasteiger partial charge in [0.05, 0.1) is 30.9 Å². The van der Waals surface area contributed by atoms with Gasteiger partial charge in [0.15, 0.2) is 18.1 Å². The Labute approximate surface area is 132 Å². The lowest BCUT2D eigenvalue weighted by atomic mass is 10.3. The van der Waals surface area contributed by atoms with E-state index in [2.05, 4.69) is 0 Å². The fourth-order valence-electron chi connectivity index (χ4n) is 1.87. The summed E-state index contributed by atoms with van der Waals surface area (Å²) in [4.78, 5) is 23.7. The molecule has 8 nitrogen and oxygen atoms in total. The zero-order valence-corrected chi connectivity index (χ0v) is 12.7. The van der Waals surface area contributed by atoms with E-state index < -0.39 is 4.92 Å². The van der Waals surface area contributed by atoms with Gasteiger partial charge >= 0.3 is 0 Å². The van der Waals surface area contributed by atoms with Crippen LogP contribution in [0.2, 0.25) is 0 Å². The predicted molar refractivity (Wildman–Crippen MR) is 80.3 cm³/mol. The quantitative estimate of drug-likeness (QED) is 0.573. The number of non-ortho nitro benzene ring substituents is 1. The van der Waals surface area contributed by atoms with Crippen LogP contribution in [-0.2, 0) is 11.3 Å². The number of methoxy groups -OCH3 is 1. The van der Waals surface area contributed by atoms with Gasteiger partial charge in [-0.25, -0.2) is 0 Å². The van der Waals surface area contributed by atoms with Crippen LogP contribution in [0.4, 0.5) is 5.69 Å². The van der Waals surface area contributed by atoms with Crippen molar-refractivity contribution >= 4 is 11.6 Å². The number of ether oxygens (including phenoxy) is 2. The maximum absolute atomic E-state index is 12.0. The summed E-state index contributed by atoms with van der Waals surface area (Å²) in [6, 6.07) is 7.44. The van der Waals surface area contributed by atoms with E-state index in [-0.39, 0.29) is 24.0 Å². The number of carbonyl (C=O) groups is 1. The minimum Gasteiger partial charge on any atom is -0.493 e. The Hall–Kier alpha value is -3.03. The molecule has 0 atom stereocenters. The fourth-order valence-corrected chi connectivity index (χ4v) is 1.87. The summed E-state index contributed by atoms with van der Waals surface area (Å²) in [7, 11) is 3.03. The SMILES string of the molecule is COc1ccc([N+](=O)[O-])cc1OCC(=O)N(C)Cc1ccco1. The second-order valence-electron chi connectivity index (χ2n) is 4.71. The molecule has 1 amide bonds. The van der Waals surface area contributed by atoms with Crippen LogP contribution in [0.25, 0.3) is 0 Å². The summed E-state index contributed by atoms with van der Waals surface area (Å²) in [6.45, 7) is 0.0377. The van der Waals surface area contributed by atoms with Crippen molar-refractivity contribution in [3.63, 3.8) is 0 Å². The number of hydrogen-bond acceptors (Lipinski definition) is 6. The molecule has 2 aromatic rings. The number of benzene rings is 1. The van der Waals surface area contributed by atoms with Crippen LogP contribution < -0.4 is 9.47 Å². The highest BCUT2D eigenvalue weighted by Crippen LogP contribution is 2.31. The third-order valence-corrected chi connectivity index (χ3v) is 3.11. The van der Waals surface area contributed by atoms with Crippen molar-refractivity contribution in [3.8, 4) is 11.5 Å². The molecular formula is C15H16N2O6. The van der Waals surface area contributed by atoms with Crippen molar-refractivity contribution in [2.75, 3.05) is 20.8 Å². The maximum atomic E-state index is 12.0. The van der Waals surface area contributed by atoms with Crippen LogP contribution in [-0.4, -0.2) is 36.5 Å². The molecule has 8 heteroatoms. The minimum atomic E-state index is -0.544. The van der Waals surface area contributed by atoms with Crippen molar-refractivity contribution in [2.45, 2.75) is 6.54 Å². The van der Waals surface area contributed by atoms with E-state index in [4.69, 9.17) is 13.9 Å². The van der Waals surface area contributed by atoms with Crippen LogP contribution in [0, 0.1) is 10.1 Å². The number of hydrogen-bond donors (Lipinski definition) is 0. The van der Waals surface area contributed by atoms with Gasteiger partial charge < -0.3 is 18.8 Å². The molecular weight excluding hydrogens is 304 g/mol. The monoisotopic (exact) mass is 320 g/mol. The number of nitro groups is 1. The fraction of sp³-hybridized carbons (Fsp3) is 0.267. The van der Waals surface area contributed by atoms with E-state index in [1.54, 1.807) is 19.2 Å². The standard InChI is InChI=1S/C15H16N2O6/c1-16(9-12-4-3-7-22-12)15(18)10-23-14-8-11(17(19)20)5-6-13(14)21-2/h3-8H,9-10H2,1-2H3. The normalized spacial score (nSPS) is 10.2. The van der Waals surface area contributed by atoms with Gasteiger partial charge in [0.25, 0.3) is 11.6 Å². The molecule has 0 radical (unpaired) electrons. The topological polar surface area (TPSA) is 95.1 Å². The summed E-state index contributed by atoms with van der Waals surface area (Å²) < 4.78 is 15.6. The molecule has 1 heterocycles. The van der Waals surface area contributed by atoms with Gasteiger partial charge in [-0.15, -0.1) is 0 Å². The van der Waals surface area contributed by atoms with E-state index in [0.717, 1.165) is 0 Å². The first-order valence-corrected chi connectivity index (χ1v) is 6.73. The Kier molecular flexibility index (Phi) is 5.19. The zero-order valence-electron chi connectivity index (χ0n) is 12.7. The maximum Gasteiger partial charge on any atom is 0.273 e. The van der Waals surface area contributed by atoms with Crippen molar-refractivity contribution < 1.29 is 23.6 Å². The molecule has 0 spiro atoms. The number of nitrogens with zero attached hydrogens (tertiary/aromatic N) is 2. The summed E-state index contributed by atoms with van der Waals surface area (Å²) in [6.07, 6.45) is 1.53. The molecule has 2 rings (SSSR count). The van der Waals surface area contributed by atoms with Gasteiger partial charge in [-0.3, -0.25) is 14.9 Å². The minimum absolute atomic E-state index is 0.140. The van der Waals surface area contributed by atoms with Gasteiger partial charge in [0, 0.05) is 13.1 Å². The Bertz CT molecular complexity index is 683. The second-order valence-corrected chi connectivity index (χ2v) is 4.71. The number of nitro benzene ring substituents is 1. The molecule has 0 unspecified atom stereocenters. The molecule has 0 fully saturated rings. The Morgan fingerprint density at radius 3 is 2.74 bits per heavy atom. The number of furan rings is 1. The van der Waals surface area contributed by atoms with E-state index in [9.17, 15) is 14.9 Å². The number of rotatable bonds is 7. The Morgan fingerprint density at radius 2 is 2.13 bits per heavy atom. The van der Waals surface area contributed by atoms with Gasteiger partial charge in [0.2, 0.25) is 0 Å². The lowest BCUT2D eigenvalue weighted by Crippen LogP contribution is -2.30. The molecule has 0 aliphatic carbocycles. The third-order valence-electron chi connectivity index (χ3n) is 3.11. The lowest BCUT2D eigenvalue weighted by molar-refractivity contribution is -0.385. The van der Waals surface area contributed by atoms with Crippen LogP contribution in [0.1, 0.15) is 5.76 Å². The molecule has 0 saturated heterocycles. The second kappa shape index (κ2) is 7.30. The first kappa shape index (κ1) is 16.3. The Balaban J connectivity index is 2.00. The number of amides is 1. The molecule has 0 aliphatic rings. The third kappa shape index (κ3) is 4.22. The van der Waals surface area contributed by atoms with Gasteiger partial charge in [-0.1, -0.05) is 0 Å². The molecule has 1 aromatic carbocycles. The molecule has 0 N–H and O–H groups in total. The molecule has 122 valence electrons. The predicted octanol–water partition coefficient (Wildman–Crippen LogP) is 2.23. The van der Waals surface area contributed by atoms with Gasteiger partial charge in [-0.05, 0) is 18.2 Å². The molecule has 0 bridgehead atoms. The highest BCUT2D eigenvalue weighted by Gasteiger charge is 2.16. The lowest BCUT2D eigenvalue weighted by Gasteiger charge is -2.16. The van der Waals surface area contributed by atoms with Gasteiger partial charge in [-0.2, -0.15) is 0 Å². The summed E-state index contributed by atoms with van der Waals surface area (Å²) in [5, 5.41) is 10.8. The van der Waals surface area contributed by atoms with Crippen LogP contribution >= 0.6 is 0 Å². The van der Waals surface area contributed by atoms with Crippen LogP contribution in [0.15, 0.2) is 41.0 Å². The van der Waals surface area contributed by atoms with E-state index in [0.29, 0.717) is 18.1 Å². The smallest absolute Gasteiger partial charge is 0.273 e. The average Bonchev–Trinajstić information content (AvgIpc) is 3.04. The van der Waals surface area contributed by atoms with E-state index in [1.807, 2.05) is 0 Å². The zero-order chi connectivity index (χ0) is 16.8. The van der Waals surface area contributed by atoms with Crippen molar-refractivity contribution in [2.24, 2.45) is 0 Å². The van der Waals surface area contributed by atoms with Crippen LogP contribution in [0.5, 0.6) is 11.5 Å². The number of likely N-dealkylation sites (N-methyl/N-ethyl adjacent to an activating group) is 1. The molecule has 1 aromatic heterocycles. The Morgan fingerprint density at radius 1 is 1.35 bits per heavy atom. The average molecular weight is 320 g/mol. The summed E-state index contributed by atoms with van der Waals surface area (Å²) in [5.41, 5.74) is -0.141. The summed E-state index contributed by atoms with van der Waals surface area (Å²) in [5.74, 6) is 0.808.